The Morgan fingerprint density at radius 1 is 1.38 bits per heavy atom. The fraction of sp³-hybridized carbons (Fsp3) is 1.00. The van der Waals surface area contributed by atoms with Crippen molar-refractivity contribution in [2.75, 3.05) is 46.4 Å². The lowest BCUT2D eigenvalue weighted by Gasteiger charge is -2.41. The molecule has 2 aliphatic rings. The van der Waals surface area contributed by atoms with E-state index in [1.54, 1.807) is 0 Å². The molecular formula is C12H24N2O2. The van der Waals surface area contributed by atoms with E-state index in [1.807, 2.05) is 0 Å². The molecule has 0 spiro atoms. The molecule has 2 saturated heterocycles. The van der Waals surface area contributed by atoms with Crippen LogP contribution >= 0.6 is 0 Å². The van der Waals surface area contributed by atoms with Gasteiger partial charge in [-0.3, -0.25) is 4.90 Å². The minimum Gasteiger partial charge on any atom is -0.393 e. The van der Waals surface area contributed by atoms with Crippen molar-refractivity contribution in [1.82, 2.24) is 9.80 Å². The van der Waals surface area contributed by atoms with E-state index in [0.717, 1.165) is 45.8 Å². The quantitative estimate of drug-likeness (QED) is 0.723. The summed E-state index contributed by atoms with van der Waals surface area (Å²) in [7, 11) is 2.17. The lowest BCUT2D eigenvalue weighted by Crippen LogP contribution is -2.53. The smallest absolute Gasteiger partial charge is 0.0624 e. The van der Waals surface area contributed by atoms with Crippen LogP contribution in [0.1, 0.15) is 13.3 Å². The third-order valence-corrected chi connectivity index (χ3v) is 3.87. The van der Waals surface area contributed by atoms with Gasteiger partial charge in [-0.2, -0.15) is 0 Å². The summed E-state index contributed by atoms with van der Waals surface area (Å²) in [5.41, 5.74) is 0. The van der Waals surface area contributed by atoms with Crippen molar-refractivity contribution in [2.45, 2.75) is 25.5 Å². The lowest BCUT2D eigenvalue weighted by atomic mass is 9.97. The summed E-state index contributed by atoms with van der Waals surface area (Å²) in [5.74, 6) is 0.305. The molecule has 2 heterocycles. The normalized spacial score (nSPS) is 38.8. The van der Waals surface area contributed by atoms with Gasteiger partial charge in [0.2, 0.25) is 0 Å². The molecule has 4 nitrogen and oxygen atoms in total. The maximum absolute atomic E-state index is 9.92. The number of hydrogen-bond donors (Lipinski definition) is 1. The van der Waals surface area contributed by atoms with Gasteiger partial charge in [0.1, 0.15) is 0 Å². The first kappa shape index (κ1) is 12.3. The van der Waals surface area contributed by atoms with Gasteiger partial charge >= 0.3 is 0 Å². The molecule has 0 aromatic heterocycles. The van der Waals surface area contributed by atoms with Crippen molar-refractivity contribution >= 4 is 0 Å². The summed E-state index contributed by atoms with van der Waals surface area (Å²) in [6.45, 7) is 8.07. The van der Waals surface area contributed by atoms with Gasteiger partial charge in [-0.15, -0.1) is 0 Å². The largest absolute Gasteiger partial charge is 0.393 e. The topological polar surface area (TPSA) is 35.9 Å². The van der Waals surface area contributed by atoms with E-state index in [1.165, 1.54) is 0 Å². The molecule has 0 amide bonds. The van der Waals surface area contributed by atoms with E-state index in [0.29, 0.717) is 12.0 Å². The maximum Gasteiger partial charge on any atom is 0.0624 e. The summed E-state index contributed by atoms with van der Waals surface area (Å²) in [5, 5.41) is 9.92. The Hall–Kier alpha value is -0.160. The molecule has 3 unspecified atom stereocenters. The molecule has 0 aromatic rings. The van der Waals surface area contributed by atoms with Gasteiger partial charge in [0, 0.05) is 44.7 Å². The van der Waals surface area contributed by atoms with Crippen LogP contribution in [0.3, 0.4) is 0 Å². The van der Waals surface area contributed by atoms with Crippen LogP contribution in [0.4, 0.5) is 0 Å². The minimum absolute atomic E-state index is 0.166. The number of aliphatic hydroxyl groups is 1. The minimum atomic E-state index is -0.166. The standard InChI is InChI=1S/C12H24N2O2/c1-10-7-13(2)4-5-14(10)8-11-9-16-6-3-12(11)15/h10-12,15H,3-9H2,1-2H3. The van der Waals surface area contributed by atoms with E-state index in [2.05, 4.69) is 23.8 Å². The Morgan fingerprint density at radius 2 is 2.19 bits per heavy atom. The van der Waals surface area contributed by atoms with Crippen molar-refractivity contribution in [3.8, 4) is 0 Å². The summed E-state index contributed by atoms with van der Waals surface area (Å²) in [6.07, 6.45) is 0.632. The number of likely N-dealkylation sites (N-methyl/N-ethyl adjacent to an activating group) is 1. The second-order valence-corrected chi connectivity index (χ2v) is 5.30. The zero-order chi connectivity index (χ0) is 11.5. The Bertz CT molecular complexity index is 225. The summed E-state index contributed by atoms with van der Waals surface area (Å²) < 4.78 is 5.45. The van der Waals surface area contributed by atoms with Crippen LogP contribution in [0.5, 0.6) is 0 Å². The molecule has 2 fully saturated rings. The lowest BCUT2D eigenvalue weighted by molar-refractivity contribution is -0.0551. The van der Waals surface area contributed by atoms with Gasteiger partial charge in [-0.25, -0.2) is 0 Å². The number of aliphatic hydroxyl groups excluding tert-OH is 1. The highest BCUT2D eigenvalue weighted by Crippen LogP contribution is 2.18. The number of nitrogens with zero attached hydrogens (tertiary/aromatic N) is 2. The number of piperazine rings is 1. The van der Waals surface area contributed by atoms with E-state index in [9.17, 15) is 5.11 Å². The van der Waals surface area contributed by atoms with E-state index < -0.39 is 0 Å². The van der Waals surface area contributed by atoms with Gasteiger partial charge in [0.15, 0.2) is 0 Å². The maximum atomic E-state index is 9.92. The monoisotopic (exact) mass is 228 g/mol. The molecule has 0 aliphatic carbocycles. The van der Waals surface area contributed by atoms with E-state index in [-0.39, 0.29) is 6.10 Å². The second kappa shape index (κ2) is 5.45. The Morgan fingerprint density at radius 3 is 2.88 bits per heavy atom. The van der Waals surface area contributed by atoms with Crippen LogP contribution in [-0.4, -0.2) is 73.5 Å². The highest BCUT2D eigenvalue weighted by atomic mass is 16.5. The van der Waals surface area contributed by atoms with Crippen LogP contribution in [0.2, 0.25) is 0 Å². The van der Waals surface area contributed by atoms with Gasteiger partial charge in [-0.05, 0) is 20.4 Å². The number of rotatable bonds is 2. The molecule has 0 aromatic carbocycles. The third-order valence-electron chi connectivity index (χ3n) is 3.87. The van der Waals surface area contributed by atoms with Crippen molar-refractivity contribution in [1.29, 1.82) is 0 Å². The first-order valence-corrected chi connectivity index (χ1v) is 6.35. The molecule has 94 valence electrons. The van der Waals surface area contributed by atoms with Gasteiger partial charge < -0.3 is 14.7 Å². The Labute approximate surface area is 98.2 Å². The fourth-order valence-corrected chi connectivity index (χ4v) is 2.71. The highest BCUT2D eigenvalue weighted by molar-refractivity contribution is 4.82. The number of hydrogen-bond acceptors (Lipinski definition) is 4. The zero-order valence-corrected chi connectivity index (χ0v) is 10.4. The Kier molecular flexibility index (Phi) is 4.19. The molecule has 0 bridgehead atoms. The molecule has 2 aliphatic heterocycles. The zero-order valence-electron chi connectivity index (χ0n) is 10.4. The van der Waals surface area contributed by atoms with Crippen LogP contribution < -0.4 is 0 Å². The molecule has 2 rings (SSSR count). The fourth-order valence-electron chi connectivity index (χ4n) is 2.71. The Balaban J connectivity index is 1.83. The molecule has 3 atom stereocenters. The third kappa shape index (κ3) is 2.94. The van der Waals surface area contributed by atoms with Gasteiger partial charge in [-0.1, -0.05) is 0 Å². The van der Waals surface area contributed by atoms with Crippen LogP contribution in [-0.2, 0) is 4.74 Å². The highest BCUT2D eigenvalue weighted by Gasteiger charge is 2.29. The SMILES string of the molecule is CC1CN(C)CCN1CC1COCCC1O. The molecule has 0 saturated carbocycles. The van der Waals surface area contributed by atoms with E-state index >= 15 is 0 Å². The summed E-state index contributed by atoms with van der Waals surface area (Å²) in [4.78, 5) is 4.86. The van der Waals surface area contributed by atoms with Crippen LogP contribution in [0.25, 0.3) is 0 Å². The first-order chi connectivity index (χ1) is 7.66. The van der Waals surface area contributed by atoms with Crippen molar-refractivity contribution in [3.63, 3.8) is 0 Å². The first-order valence-electron chi connectivity index (χ1n) is 6.35. The summed E-state index contributed by atoms with van der Waals surface area (Å²) in [6, 6.07) is 0.591. The van der Waals surface area contributed by atoms with Crippen LogP contribution in [0.15, 0.2) is 0 Å². The van der Waals surface area contributed by atoms with Crippen molar-refractivity contribution in [3.05, 3.63) is 0 Å². The molecule has 16 heavy (non-hydrogen) atoms. The average molecular weight is 228 g/mol. The molecular weight excluding hydrogens is 204 g/mol. The molecule has 0 radical (unpaired) electrons. The number of ether oxygens (including phenoxy) is 1. The van der Waals surface area contributed by atoms with Gasteiger partial charge in [0.05, 0.1) is 12.7 Å². The van der Waals surface area contributed by atoms with Crippen molar-refractivity contribution in [2.24, 2.45) is 5.92 Å². The van der Waals surface area contributed by atoms with Crippen LogP contribution in [0, 0.1) is 5.92 Å². The molecule has 4 heteroatoms. The molecule has 1 N–H and O–H groups in total. The summed E-state index contributed by atoms with van der Waals surface area (Å²) >= 11 is 0. The predicted octanol–water partition coefficient (Wildman–Crippen LogP) is 0.0197. The predicted molar refractivity (Wildman–Crippen MR) is 63.5 cm³/mol. The van der Waals surface area contributed by atoms with Gasteiger partial charge in [0.25, 0.3) is 0 Å². The van der Waals surface area contributed by atoms with E-state index in [4.69, 9.17) is 4.74 Å². The average Bonchev–Trinajstić information content (AvgIpc) is 2.25. The second-order valence-electron chi connectivity index (χ2n) is 5.30. The van der Waals surface area contributed by atoms with Crippen molar-refractivity contribution < 1.29 is 9.84 Å².